The molecule has 0 unspecified atom stereocenters. The van der Waals surface area contributed by atoms with E-state index in [0.29, 0.717) is 10.7 Å². The number of hydrogen-bond acceptors (Lipinski definition) is 5. The maximum absolute atomic E-state index is 13.7. The van der Waals surface area contributed by atoms with Crippen LogP contribution in [0.3, 0.4) is 0 Å². The van der Waals surface area contributed by atoms with E-state index in [-0.39, 0.29) is 42.4 Å². The largest absolute Gasteiger partial charge is 0.483 e. The fourth-order valence-corrected chi connectivity index (χ4v) is 5.23. The summed E-state index contributed by atoms with van der Waals surface area (Å²) in [4.78, 5) is 29.7. The van der Waals surface area contributed by atoms with Gasteiger partial charge in [0, 0.05) is 17.5 Å². The summed E-state index contributed by atoms with van der Waals surface area (Å²) in [5.41, 5.74) is 0.308. The van der Waals surface area contributed by atoms with Crippen LogP contribution in [0.25, 0.3) is 0 Å². The molecular formula is C24H31FN4O3S. The highest BCUT2D eigenvalue weighted by atomic mass is 32.1. The summed E-state index contributed by atoms with van der Waals surface area (Å²) >= 11 is 1.30. The standard InChI is InChI=1S/C24H31FN4O3S/c25-17-10-4-7-13-21(17)32-14-22-27-20(15-33-22)23(30)28-18-11-5-6-12-19(18)29-24(31)26-16-8-2-1-3-9-16/h4,7,10,13,15-16,18-19H,1-3,5-6,8-9,11-12,14H2,(H,28,30)(H2,26,29,31)/t18-,19-/m1/s1. The van der Waals surface area contributed by atoms with Gasteiger partial charge < -0.3 is 20.7 Å². The van der Waals surface area contributed by atoms with Gasteiger partial charge in [-0.1, -0.05) is 44.2 Å². The number of ether oxygens (including phenoxy) is 1. The molecule has 0 radical (unpaired) electrons. The Kier molecular flexibility index (Phi) is 8.15. The second-order valence-corrected chi connectivity index (χ2v) is 9.71. The van der Waals surface area contributed by atoms with E-state index in [1.165, 1.54) is 23.8 Å². The Morgan fingerprint density at radius 2 is 1.67 bits per heavy atom. The second kappa shape index (κ2) is 11.4. The Balaban J connectivity index is 1.29. The topological polar surface area (TPSA) is 92.4 Å². The Morgan fingerprint density at radius 1 is 0.970 bits per heavy atom. The molecule has 2 atom stereocenters. The molecule has 0 bridgehead atoms. The van der Waals surface area contributed by atoms with E-state index in [2.05, 4.69) is 20.9 Å². The molecule has 2 aliphatic carbocycles. The van der Waals surface area contributed by atoms with Crippen LogP contribution in [-0.4, -0.2) is 35.0 Å². The van der Waals surface area contributed by atoms with Gasteiger partial charge >= 0.3 is 6.03 Å². The molecule has 7 nitrogen and oxygen atoms in total. The van der Waals surface area contributed by atoms with Crippen LogP contribution in [0, 0.1) is 5.82 Å². The van der Waals surface area contributed by atoms with Crippen molar-refractivity contribution in [3.05, 3.63) is 46.2 Å². The molecule has 3 N–H and O–H groups in total. The highest BCUT2D eigenvalue weighted by Gasteiger charge is 2.29. The van der Waals surface area contributed by atoms with Gasteiger partial charge in [-0.15, -0.1) is 11.3 Å². The minimum Gasteiger partial charge on any atom is -0.483 e. The first kappa shape index (κ1) is 23.5. The highest BCUT2D eigenvalue weighted by molar-refractivity contribution is 7.09. The third kappa shape index (κ3) is 6.66. The van der Waals surface area contributed by atoms with E-state index < -0.39 is 5.82 Å². The van der Waals surface area contributed by atoms with E-state index in [9.17, 15) is 14.0 Å². The van der Waals surface area contributed by atoms with Gasteiger partial charge in [-0.3, -0.25) is 4.79 Å². The maximum Gasteiger partial charge on any atom is 0.315 e. The number of para-hydroxylation sites is 1. The van der Waals surface area contributed by atoms with Crippen molar-refractivity contribution in [2.24, 2.45) is 0 Å². The molecule has 3 amide bonds. The van der Waals surface area contributed by atoms with Gasteiger partial charge in [-0.2, -0.15) is 0 Å². The quantitative estimate of drug-likeness (QED) is 0.550. The zero-order valence-corrected chi connectivity index (χ0v) is 19.5. The third-order valence-electron chi connectivity index (χ3n) is 6.31. The number of halogens is 1. The van der Waals surface area contributed by atoms with Gasteiger partial charge in [0.25, 0.3) is 5.91 Å². The van der Waals surface area contributed by atoms with E-state index in [0.717, 1.165) is 51.4 Å². The summed E-state index contributed by atoms with van der Waals surface area (Å²) in [5.74, 6) is -0.550. The van der Waals surface area contributed by atoms with Crippen LogP contribution in [0.15, 0.2) is 29.6 Å². The van der Waals surface area contributed by atoms with Crippen LogP contribution in [-0.2, 0) is 6.61 Å². The Hall–Kier alpha value is -2.68. The Labute approximate surface area is 197 Å². The van der Waals surface area contributed by atoms with Gasteiger partial charge in [0.1, 0.15) is 17.3 Å². The lowest BCUT2D eigenvalue weighted by molar-refractivity contribution is 0.0911. The summed E-state index contributed by atoms with van der Waals surface area (Å²) in [6.07, 6.45) is 9.30. The predicted octanol–water partition coefficient (Wildman–Crippen LogP) is 4.53. The smallest absolute Gasteiger partial charge is 0.315 e. The summed E-state index contributed by atoms with van der Waals surface area (Å²) in [6.45, 7) is 0.0911. The van der Waals surface area contributed by atoms with Crippen LogP contribution in [0.1, 0.15) is 73.3 Å². The van der Waals surface area contributed by atoms with Crippen molar-refractivity contribution < 1.29 is 18.7 Å². The first-order valence-corrected chi connectivity index (χ1v) is 12.7. The Bertz CT molecular complexity index is 947. The number of benzene rings is 1. The number of rotatable bonds is 7. The van der Waals surface area contributed by atoms with Crippen LogP contribution >= 0.6 is 11.3 Å². The monoisotopic (exact) mass is 474 g/mol. The molecule has 1 aromatic heterocycles. The first-order chi connectivity index (χ1) is 16.1. The first-order valence-electron chi connectivity index (χ1n) is 11.8. The average molecular weight is 475 g/mol. The van der Waals surface area contributed by atoms with Crippen molar-refractivity contribution in [3.8, 4) is 5.75 Å². The van der Waals surface area contributed by atoms with Gasteiger partial charge in [0.15, 0.2) is 11.6 Å². The average Bonchev–Trinajstić information content (AvgIpc) is 3.30. The molecule has 2 saturated carbocycles. The van der Waals surface area contributed by atoms with Gasteiger partial charge in [-0.25, -0.2) is 14.2 Å². The lowest BCUT2D eigenvalue weighted by atomic mass is 9.90. The number of hydrogen-bond donors (Lipinski definition) is 3. The number of carbonyl (C=O) groups excluding carboxylic acids is 2. The zero-order chi connectivity index (χ0) is 23.0. The number of amides is 3. The minimum atomic E-state index is -0.435. The predicted molar refractivity (Wildman–Crippen MR) is 125 cm³/mol. The van der Waals surface area contributed by atoms with Gasteiger partial charge in [-0.05, 0) is 37.8 Å². The number of aromatic nitrogens is 1. The van der Waals surface area contributed by atoms with E-state index in [4.69, 9.17) is 4.74 Å². The van der Waals surface area contributed by atoms with Crippen molar-refractivity contribution in [3.63, 3.8) is 0 Å². The molecular weight excluding hydrogens is 443 g/mol. The number of nitrogens with one attached hydrogen (secondary N) is 3. The fraction of sp³-hybridized carbons (Fsp3) is 0.542. The molecule has 1 aromatic carbocycles. The van der Waals surface area contributed by atoms with Crippen LogP contribution in [0.5, 0.6) is 5.75 Å². The lowest BCUT2D eigenvalue weighted by Gasteiger charge is -2.33. The molecule has 2 aliphatic rings. The molecule has 2 aromatic rings. The summed E-state index contributed by atoms with van der Waals surface area (Å²) in [6, 6.07) is 6.04. The van der Waals surface area contributed by atoms with Crippen molar-refractivity contribution >= 4 is 23.3 Å². The van der Waals surface area contributed by atoms with Crippen molar-refractivity contribution in [1.82, 2.24) is 20.9 Å². The molecule has 4 rings (SSSR count). The highest BCUT2D eigenvalue weighted by Crippen LogP contribution is 2.22. The normalized spacial score (nSPS) is 21.2. The summed E-state index contributed by atoms with van der Waals surface area (Å²) < 4.78 is 19.2. The maximum atomic E-state index is 13.7. The van der Waals surface area contributed by atoms with E-state index in [1.807, 2.05) is 0 Å². The minimum absolute atomic E-state index is 0.0911. The number of thiazole rings is 1. The molecule has 33 heavy (non-hydrogen) atoms. The SMILES string of the molecule is O=C(NC1CCCCC1)N[C@@H]1CCCC[C@H]1NC(=O)c1csc(COc2ccccc2F)n1. The second-order valence-electron chi connectivity index (χ2n) is 8.77. The number of urea groups is 1. The Morgan fingerprint density at radius 3 is 2.42 bits per heavy atom. The van der Waals surface area contributed by atoms with Crippen molar-refractivity contribution in [2.75, 3.05) is 0 Å². The zero-order valence-electron chi connectivity index (χ0n) is 18.6. The molecule has 9 heteroatoms. The number of carbonyl (C=O) groups is 2. The van der Waals surface area contributed by atoms with Gasteiger partial charge in [0.2, 0.25) is 0 Å². The van der Waals surface area contributed by atoms with Gasteiger partial charge in [0.05, 0.1) is 6.04 Å². The van der Waals surface area contributed by atoms with Crippen molar-refractivity contribution in [2.45, 2.75) is 82.5 Å². The van der Waals surface area contributed by atoms with Crippen LogP contribution < -0.4 is 20.7 Å². The molecule has 178 valence electrons. The van der Waals surface area contributed by atoms with E-state index in [1.54, 1.807) is 23.6 Å². The molecule has 1 heterocycles. The van der Waals surface area contributed by atoms with Crippen LogP contribution in [0.4, 0.5) is 9.18 Å². The third-order valence-corrected chi connectivity index (χ3v) is 7.13. The lowest BCUT2D eigenvalue weighted by Crippen LogP contribution is -2.56. The van der Waals surface area contributed by atoms with Crippen molar-refractivity contribution in [1.29, 1.82) is 0 Å². The molecule has 0 saturated heterocycles. The summed E-state index contributed by atoms with van der Waals surface area (Å²) in [5, 5.41) is 11.5. The van der Waals surface area contributed by atoms with Crippen LogP contribution in [0.2, 0.25) is 0 Å². The molecule has 2 fully saturated rings. The molecule has 0 aliphatic heterocycles. The summed E-state index contributed by atoms with van der Waals surface area (Å²) in [7, 11) is 0. The molecule has 0 spiro atoms. The fourth-order valence-electron chi connectivity index (χ4n) is 4.54. The van der Waals surface area contributed by atoms with E-state index >= 15 is 0 Å². The number of nitrogens with zero attached hydrogens (tertiary/aromatic N) is 1.